The molecule has 0 saturated carbocycles. The van der Waals surface area contributed by atoms with E-state index in [9.17, 15) is 13.2 Å². The minimum Gasteiger partial charge on any atom is -0.384 e. The molecule has 0 aliphatic heterocycles. The monoisotopic (exact) mass is 185 g/mol. The van der Waals surface area contributed by atoms with Gasteiger partial charge in [0.15, 0.2) is 0 Å². The highest BCUT2D eigenvalue weighted by Gasteiger charge is 2.37. The van der Waals surface area contributed by atoms with E-state index < -0.39 is 12.3 Å². The second kappa shape index (κ2) is 5.37. The lowest BCUT2D eigenvalue weighted by atomic mass is 10.1. The van der Waals surface area contributed by atoms with Gasteiger partial charge < -0.3 is 10.8 Å². The summed E-state index contributed by atoms with van der Waals surface area (Å²) in [5.41, 5.74) is 5.15. The third-order valence-corrected chi connectivity index (χ3v) is 1.56. The van der Waals surface area contributed by atoms with Crippen molar-refractivity contribution in [1.29, 1.82) is 0 Å². The summed E-state index contributed by atoms with van der Waals surface area (Å²) in [5, 5.41) is 8.53. The predicted molar refractivity (Wildman–Crippen MR) is 39.6 cm³/mol. The lowest BCUT2D eigenvalue weighted by Crippen LogP contribution is -2.28. The molecule has 0 aromatic carbocycles. The predicted octanol–water partition coefficient (Wildman–Crippen LogP) is 1.43. The third-order valence-electron chi connectivity index (χ3n) is 1.56. The fourth-order valence-electron chi connectivity index (χ4n) is 0.822. The molecule has 0 fully saturated rings. The van der Waals surface area contributed by atoms with Gasteiger partial charge in [0.1, 0.15) is 6.10 Å². The average Bonchev–Trinajstić information content (AvgIpc) is 1.96. The highest BCUT2D eigenvalue weighted by molar-refractivity contribution is 4.64. The van der Waals surface area contributed by atoms with Crippen LogP contribution in [0.15, 0.2) is 0 Å². The zero-order valence-corrected chi connectivity index (χ0v) is 6.77. The van der Waals surface area contributed by atoms with E-state index in [1.807, 2.05) is 0 Å². The largest absolute Gasteiger partial charge is 0.414 e. The number of hydrogen-bond donors (Lipinski definition) is 2. The Kier molecular flexibility index (Phi) is 5.24. The minimum absolute atomic E-state index is 0.219. The quantitative estimate of drug-likeness (QED) is 0.636. The fraction of sp³-hybridized carbons (Fsp3) is 1.00. The maximum Gasteiger partial charge on any atom is 0.414 e. The van der Waals surface area contributed by atoms with E-state index in [4.69, 9.17) is 10.8 Å². The van der Waals surface area contributed by atoms with Crippen LogP contribution in [0.25, 0.3) is 0 Å². The zero-order valence-electron chi connectivity index (χ0n) is 6.77. The van der Waals surface area contributed by atoms with Crippen molar-refractivity contribution in [1.82, 2.24) is 0 Å². The van der Waals surface area contributed by atoms with Crippen molar-refractivity contribution in [2.75, 3.05) is 6.54 Å². The second-order valence-corrected chi connectivity index (χ2v) is 2.70. The van der Waals surface area contributed by atoms with Gasteiger partial charge >= 0.3 is 6.18 Å². The fourth-order valence-corrected chi connectivity index (χ4v) is 0.822. The highest BCUT2D eigenvalue weighted by atomic mass is 19.4. The van der Waals surface area contributed by atoms with E-state index in [0.717, 1.165) is 0 Å². The summed E-state index contributed by atoms with van der Waals surface area (Å²) in [5.74, 6) is 0. The Morgan fingerprint density at radius 2 is 1.75 bits per heavy atom. The number of hydrogen-bond acceptors (Lipinski definition) is 2. The first kappa shape index (κ1) is 11.7. The summed E-state index contributed by atoms with van der Waals surface area (Å²) in [6, 6.07) is 0. The summed E-state index contributed by atoms with van der Waals surface area (Å²) in [4.78, 5) is 0. The van der Waals surface area contributed by atoms with Crippen LogP contribution in [0.4, 0.5) is 13.2 Å². The second-order valence-electron chi connectivity index (χ2n) is 2.70. The topological polar surface area (TPSA) is 46.2 Å². The molecule has 0 radical (unpaired) electrons. The maximum absolute atomic E-state index is 11.7. The van der Waals surface area contributed by atoms with Crippen LogP contribution in [0.1, 0.15) is 25.7 Å². The van der Waals surface area contributed by atoms with Gasteiger partial charge in [0.2, 0.25) is 0 Å². The van der Waals surface area contributed by atoms with Crippen LogP contribution in [0.2, 0.25) is 0 Å². The van der Waals surface area contributed by atoms with Crippen LogP contribution in [-0.2, 0) is 0 Å². The Morgan fingerprint density at radius 1 is 1.17 bits per heavy atom. The normalized spacial score (nSPS) is 14.8. The Bertz CT molecular complexity index is 116. The lowest BCUT2D eigenvalue weighted by Gasteiger charge is -2.13. The van der Waals surface area contributed by atoms with Crippen molar-refractivity contribution in [3.05, 3.63) is 0 Å². The van der Waals surface area contributed by atoms with Crippen molar-refractivity contribution >= 4 is 0 Å². The molecule has 0 unspecified atom stereocenters. The molecule has 12 heavy (non-hydrogen) atoms. The molecule has 0 bridgehead atoms. The molecular formula is C7H14F3NO. The van der Waals surface area contributed by atoms with Crippen LogP contribution < -0.4 is 5.73 Å². The number of halogens is 3. The molecule has 1 atom stereocenters. The molecule has 0 spiro atoms. The summed E-state index contributed by atoms with van der Waals surface area (Å²) in [7, 11) is 0. The molecule has 0 aliphatic rings. The summed E-state index contributed by atoms with van der Waals surface area (Å²) < 4.78 is 35.1. The minimum atomic E-state index is -4.47. The standard InChI is InChI=1S/C7H14F3NO/c8-7(9,10)6(12)4-2-1-3-5-11/h6,12H,1-5,11H2/t6-/m1/s1. The Hall–Kier alpha value is -0.290. The first-order valence-corrected chi connectivity index (χ1v) is 3.93. The molecule has 0 aromatic heterocycles. The number of aliphatic hydroxyl groups is 1. The first-order valence-electron chi connectivity index (χ1n) is 3.93. The molecule has 0 saturated heterocycles. The number of alkyl halides is 3. The molecule has 74 valence electrons. The van der Waals surface area contributed by atoms with Crippen LogP contribution in [-0.4, -0.2) is 23.9 Å². The lowest BCUT2D eigenvalue weighted by molar-refractivity contribution is -0.205. The molecule has 0 amide bonds. The SMILES string of the molecule is NCCCCC[C@@H](O)C(F)(F)F. The van der Waals surface area contributed by atoms with Gasteiger partial charge in [0.25, 0.3) is 0 Å². The Balaban J connectivity index is 3.38. The van der Waals surface area contributed by atoms with E-state index in [-0.39, 0.29) is 6.42 Å². The number of unbranched alkanes of at least 4 members (excludes halogenated alkanes) is 2. The number of rotatable bonds is 5. The number of aliphatic hydroxyl groups excluding tert-OH is 1. The van der Waals surface area contributed by atoms with E-state index in [1.165, 1.54) is 0 Å². The van der Waals surface area contributed by atoms with Gasteiger partial charge in [-0.3, -0.25) is 0 Å². The van der Waals surface area contributed by atoms with Gasteiger partial charge in [0, 0.05) is 0 Å². The van der Waals surface area contributed by atoms with Crippen molar-refractivity contribution < 1.29 is 18.3 Å². The molecule has 5 heteroatoms. The third kappa shape index (κ3) is 5.37. The Morgan fingerprint density at radius 3 is 2.17 bits per heavy atom. The average molecular weight is 185 g/mol. The van der Waals surface area contributed by atoms with Crippen molar-refractivity contribution in [2.24, 2.45) is 5.73 Å². The maximum atomic E-state index is 11.7. The number of nitrogens with two attached hydrogens (primary N) is 1. The summed E-state index contributed by atoms with van der Waals surface area (Å²) in [6.07, 6.45) is -5.13. The molecule has 0 rings (SSSR count). The van der Waals surface area contributed by atoms with Gasteiger partial charge in [-0.05, 0) is 19.4 Å². The van der Waals surface area contributed by atoms with E-state index >= 15 is 0 Å². The van der Waals surface area contributed by atoms with Crippen LogP contribution in [0.5, 0.6) is 0 Å². The van der Waals surface area contributed by atoms with Crippen molar-refractivity contribution in [3.63, 3.8) is 0 Å². The van der Waals surface area contributed by atoms with Gasteiger partial charge in [-0.15, -0.1) is 0 Å². The zero-order chi connectivity index (χ0) is 9.61. The van der Waals surface area contributed by atoms with Gasteiger partial charge in [-0.2, -0.15) is 13.2 Å². The molecule has 0 aliphatic carbocycles. The van der Waals surface area contributed by atoms with Gasteiger partial charge in [-0.1, -0.05) is 12.8 Å². The van der Waals surface area contributed by atoms with E-state index in [0.29, 0.717) is 25.8 Å². The van der Waals surface area contributed by atoms with Crippen LogP contribution >= 0.6 is 0 Å². The summed E-state index contributed by atoms with van der Waals surface area (Å²) >= 11 is 0. The van der Waals surface area contributed by atoms with Gasteiger partial charge in [0.05, 0.1) is 0 Å². The summed E-state index contributed by atoms with van der Waals surface area (Å²) in [6.45, 7) is 0.488. The van der Waals surface area contributed by atoms with Crippen LogP contribution in [0.3, 0.4) is 0 Å². The Labute approximate surface area is 69.6 Å². The molecule has 0 heterocycles. The van der Waals surface area contributed by atoms with Gasteiger partial charge in [-0.25, -0.2) is 0 Å². The van der Waals surface area contributed by atoms with E-state index in [2.05, 4.69) is 0 Å². The van der Waals surface area contributed by atoms with Crippen molar-refractivity contribution in [3.8, 4) is 0 Å². The van der Waals surface area contributed by atoms with Crippen molar-refractivity contribution in [2.45, 2.75) is 38.0 Å². The highest BCUT2D eigenvalue weighted by Crippen LogP contribution is 2.23. The molecule has 3 N–H and O–H groups in total. The van der Waals surface area contributed by atoms with Crippen LogP contribution in [0, 0.1) is 0 Å². The molecule has 0 aromatic rings. The molecular weight excluding hydrogens is 171 g/mol. The first-order chi connectivity index (χ1) is 5.48. The smallest absolute Gasteiger partial charge is 0.384 e. The van der Waals surface area contributed by atoms with E-state index in [1.54, 1.807) is 0 Å². The molecule has 2 nitrogen and oxygen atoms in total.